The van der Waals surface area contributed by atoms with Crippen LogP contribution >= 0.6 is 0 Å². The molecule has 0 radical (unpaired) electrons. The van der Waals surface area contributed by atoms with Gasteiger partial charge in [0.15, 0.2) is 0 Å². The van der Waals surface area contributed by atoms with Gasteiger partial charge in [-0.2, -0.15) is 5.06 Å². The Balaban J connectivity index is 2.28. The van der Waals surface area contributed by atoms with Crippen molar-refractivity contribution in [2.45, 2.75) is 71.0 Å². The summed E-state index contributed by atoms with van der Waals surface area (Å²) < 4.78 is 0. The van der Waals surface area contributed by atoms with Gasteiger partial charge in [-0.25, -0.2) is 0 Å². The minimum absolute atomic E-state index is 0.0162. The standard InChI is InChI=1S/C15H26N2O3/c1-10-7-12(18)16(13(10)19)11-8-14(2,3)17(20-6)15(4,5)9-11/h10-11H,7-9H2,1-6H3. The first-order valence-electron chi connectivity index (χ1n) is 7.30. The van der Waals surface area contributed by atoms with E-state index in [1.165, 1.54) is 4.90 Å². The molecular formula is C15H26N2O3. The van der Waals surface area contributed by atoms with Crippen molar-refractivity contribution in [3.63, 3.8) is 0 Å². The van der Waals surface area contributed by atoms with E-state index < -0.39 is 0 Å². The zero-order chi connectivity index (χ0) is 15.3. The molecule has 5 heteroatoms. The van der Waals surface area contributed by atoms with Gasteiger partial charge in [0.1, 0.15) is 0 Å². The molecule has 20 heavy (non-hydrogen) atoms. The van der Waals surface area contributed by atoms with Gasteiger partial charge >= 0.3 is 0 Å². The molecule has 114 valence electrons. The Morgan fingerprint density at radius 1 is 1.10 bits per heavy atom. The number of nitrogens with zero attached hydrogens (tertiary/aromatic N) is 2. The van der Waals surface area contributed by atoms with Gasteiger partial charge in [-0.15, -0.1) is 0 Å². The number of imide groups is 1. The van der Waals surface area contributed by atoms with E-state index in [-0.39, 0.29) is 34.9 Å². The SMILES string of the molecule is CON1C(C)(C)CC(N2C(=O)CC(C)C2=O)CC1(C)C. The van der Waals surface area contributed by atoms with E-state index in [1.807, 2.05) is 12.0 Å². The summed E-state index contributed by atoms with van der Waals surface area (Å²) in [7, 11) is 1.68. The molecule has 1 unspecified atom stereocenters. The van der Waals surface area contributed by atoms with E-state index in [9.17, 15) is 9.59 Å². The van der Waals surface area contributed by atoms with Gasteiger partial charge in [0.2, 0.25) is 11.8 Å². The largest absolute Gasteiger partial charge is 0.301 e. The maximum Gasteiger partial charge on any atom is 0.232 e. The van der Waals surface area contributed by atoms with Crippen LogP contribution in [0.5, 0.6) is 0 Å². The maximum absolute atomic E-state index is 12.2. The summed E-state index contributed by atoms with van der Waals surface area (Å²) in [6, 6.07) is -0.0312. The lowest BCUT2D eigenvalue weighted by atomic mass is 9.78. The predicted molar refractivity (Wildman–Crippen MR) is 75.7 cm³/mol. The second-order valence-corrected chi connectivity index (χ2v) is 7.37. The van der Waals surface area contributed by atoms with Gasteiger partial charge in [0.05, 0.1) is 7.11 Å². The molecule has 2 fully saturated rings. The first kappa shape index (κ1) is 15.4. The lowest BCUT2D eigenvalue weighted by molar-refractivity contribution is -0.271. The van der Waals surface area contributed by atoms with Crippen LogP contribution in [0, 0.1) is 5.92 Å². The fraction of sp³-hybridized carbons (Fsp3) is 0.867. The van der Waals surface area contributed by atoms with E-state index in [1.54, 1.807) is 7.11 Å². The lowest BCUT2D eigenvalue weighted by Gasteiger charge is -2.54. The predicted octanol–water partition coefficient (Wildman–Crippen LogP) is 1.96. The average Bonchev–Trinajstić information content (AvgIpc) is 2.49. The first-order chi connectivity index (χ1) is 9.10. The summed E-state index contributed by atoms with van der Waals surface area (Å²) in [5, 5.41) is 1.99. The number of carbonyl (C=O) groups excluding carboxylic acids is 2. The fourth-order valence-corrected chi connectivity index (χ4v) is 4.08. The zero-order valence-electron chi connectivity index (χ0n) is 13.4. The van der Waals surface area contributed by atoms with Crippen LogP contribution in [0.4, 0.5) is 0 Å². The van der Waals surface area contributed by atoms with Crippen LogP contribution in [-0.2, 0) is 14.4 Å². The van der Waals surface area contributed by atoms with E-state index in [0.717, 1.165) is 12.8 Å². The monoisotopic (exact) mass is 282 g/mol. The minimum Gasteiger partial charge on any atom is -0.301 e. The van der Waals surface area contributed by atoms with Crippen LogP contribution in [0.1, 0.15) is 53.9 Å². The molecule has 0 aromatic carbocycles. The molecule has 0 spiro atoms. The second kappa shape index (κ2) is 4.81. The van der Waals surface area contributed by atoms with Crippen LogP contribution in [-0.4, -0.2) is 46.0 Å². The molecule has 0 aliphatic carbocycles. The van der Waals surface area contributed by atoms with Crippen LogP contribution < -0.4 is 0 Å². The Morgan fingerprint density at radius 3 is 1.95 bits per heavy atom. The molecule has 0 aromatic rings. The van der Waals surface area contributed by atoms with Gasteiger partial charge in [0.25, 0.3) is 0 Å². The number of likely N-dealkylation sites (tertiary alicyclic amines) is 1. The third-order valence-electron chi connectivity index (χ3n) is 4.53. The molecule has 2 heterocycles. The van der Waals surface area contributed by atoms with E-state index in [4.69, 9.17) is 4.84 Å². The number of hydroxylamine groups is 2. The van der Waals surface area contributed by atoms with Crippen LogP contribution in [0.15, 0.2) is 0 Å². The van der Waals surface area contributed by atoms with Crippen LogP contribution in [0.2, 0.25) is 0 Å². The normalized spacial score (nSPS) is 31.1. The Bertz CT molecular complexity index is 413. The van der Waals surface area contributed by atoms with Crippen molar-refractivity contribution in [2.75, 3.05) is 7.11 Å². The summed E-state index contributed by atoms with van der Waals surface area (Å²) in [5.74, 6) is -0.211. The van der Waals surface area contributed by atoms with Crippen LogP contribution in [0.3, 0.4) is 0 Å². The maximum atomic E-state index is 12.2. The van der Waals surface area contributed by atoms with Gasteiger partial charge in [-0.3, -0.25) is 14.5 Å². The third-order valence-corrected chi connectivity index (χ3v) is 4.53. The molecule has 0 saturated carbocycles. The number of piperidine rings is 1. The Hall–Kier alpha value is -0.940. The summed E-state index contributed by atoms with van der Waals surface area (Å²) in [4.78, 5) is 31.4. The molecule has 2 saturated heterocycles. The number of hydrogen-bond acceptors (Lipinski definition) is 4. The second-order valence-electron chi connectivity index (χ2n) is 7.37. The van der Waals surface area contributed by atoms with Crippen LogP contribution in [0.25, 0.3) is 0 Å². The van der Waals surface area contributed by atoms with Crippen molar-refractivity contribution in [3.8, 4) is 0 Å². The summed E-state index contributed by atoms with van der Waals surface area (Å²) >= 11 is 0. The van der Waals surface area contributed by atoms with E-state index >= 15 is 0 Å². The molecule has 2 rings (SSSR count). The molecule has 0 bridgehead atoms. The van der Waals surface area contributed by atoms with E-state index in [2.05, 4.69) is 27.7 Å². The van der Waals surface area contributed by atoms with Crippen molar-refractivity contribution in [1.29, 1.82) is 0 Å². The number of amides is 2. The topological polar surface area (TPSA) is 49.9 Å². The number of carbonyl (C=O) groups is 2. The number of hydrogen-bond donors (Lipinski definition) is 0. The van der Waals surface area contributed by atoms with Gasteiger partial charge in [0, 0.05) is 29.5 Å². The summed E-state index contributed by atoms with van der Waals surface area (Å²) in [6.07, 6.45) is 1.84. The molecule has 2 aliphatic heterocycles. The van der Waals surface area contributed by atoms with Crippen molar-refractivity contribution in [1.82, 2.24) is 9.96 Å². The average molecular weight is 282 g/mol. The highest BCUT2D eigenvalue weighted by Crippen LogP contribution is 2.41. The van der Waals surface area contributed by atoms with Crippen molar-refractivity contribution >= 4 is 11.8 Å². The molecule has 0 aromatic heterocycles. The number of rotatable bonds is 2. The molecular weight excluding hydrogens is 256 g/mol. The highest BCUT2D eigenvalue weighted by atomic mass is 16.7. The highest BCUT2D eigenvalue weighted by Gasteiger charge is 2.51. The molecule has 0 N–H and O–H groups in total. The Labute approximate surface area is 121 Å². The molecule has 1 atom stereocenters. The fourth-order valence-electron chi connectivity index (χ4n) is 4.08. The third kappa shape index (κ3) is 2.37. The molecule has 2 amide bonds. The summed E-state index contributed by atoms with van der Waals surface area (Å²) in [5.41, 5.74) is -0.429. The zero-order valence-corrected chi connectivity index (χ0v) is 13.4. The molecule has 5 nitrogen and oxygen atoms in total. The van der Waals surface area contributed by atoms with E-state index in [0.29, 0.717) is 6.42 Å². The summed E-state index contributed by atoms with van der Waals surface area (Å²) in [6.45, 7) is 10.2. The lowest BCUT2D eigenvalue weighted by Crippen LogP contribution is -2.64. The quantitative estimate of drug-likeness (QED) is 0.727. The first-order valence-corrected chi connectivity index (χ1v) is 7.30. The Morgan fingerprint density at radius 2 is 1.60 bits per heavy atom. The smallest absolute Gasteiger partial charge is 0.232 e. The van der Waals surface area contributed by atoms with Crippen molar-refractivity contribution in [3.05, 3.63) is 0 Å². The van der Waals surface area contributed by atoms with Gasteiger partial charge in [-0.05, 0) is 40.5 Å². The van der Waals surface area contributed by atoms with Crippen molar-refractivity contribution < 1.29 is 14.4 Å². The highest BCUT2D eigenvalue weighted by molar-refractivity contribution is 6.03. The minimum atomic E-state index is -0.215. The Kier molecular flexibility index (Phi) is 3.71. The van der Waals surface area contributed by atoms with Gasteiger partial charge < -0.3 is 4.84 Å². The van der Waals surface area contributed by atoms with Crippen molar-refractivity contribution in [2.24, 2.45) is 5.92 Å². The van der Waals surface area contributed by atoms with Gasteiger partial charge in [-0.1, -0.05) is 6.92 Å². The molecule has 2 aliphatic rings.